The van der Waals surface area contributed by atoms with Gasteiger partial charge in [-0.3, -0.25) is 0 Å². The SMILES string of the molecule is Cc1ccc(F)c(Nc2cc(C(F)(F)F)ncc2N)c1F. The fourth-order valence-electron chi connectivity index (χ4n) is 1.64. The molecule has 21 heavy (non-hydrogen) atoms. The Balaban J connectivity index is 2.47. The van der Waals surface area contributed by atoms with Crippen molar-refractivity contribution < 1.29 is 22.0 Å². The van der Waals surface area contributed by atoms with E-state index >= 15 is 0 Å². The van der Waals surface area contributed by atoms with Crippen LogP contribution >= 0.6 is 0 Å². The summed E-state index contributed by atoms with van der Waals surface area (Å²) >= 11 is 0. The number of alkyl halides is 3. The van der Waals surface area contributed by atoms with Crippen LogP contribution in [0.2, 0.25) is 0 Å². The molecule has 0 radical (unpaired) electrons. The van der Waals surface area contributed by atoms with Gasteiger partial charge in [0.1, 0.15) is 17.2 Å². The second kappa shape index (κ2) is 5.19. The Bertz CT molecular complexity index is 682. The summed E-state index contributed by atoms with van der Waals surface area (Å²) in [5.74, 6) is -1.84. The fourth-order valence-corrected chi connectivity index (χ4v) is 1.64. The Hall–Kier alpha value is -2.38. The number of halogens is 5. The molecule has 0 aliphatic heterocycles. The molecule has 8 heteroatoms. The zero-order valence-corrected chi connectivity index (χ0v) is 10.7. The van der Waals surface area contributed by atoms with E-state index in [0.717, 1.165) is 12.3 Å². The van der Waals surface area contributed by atoms with E-state index in [-0.39, 0.29) is 16.9 Å². The summed E-state index contributed by atoms with van der Waals surface area (Å²) in [6, 6.07) is 2.81. The predicted octanol–water partition coefficient (Wildman–Crippen LogP) is 4.01. The molecule has 0 aliphatic rings. The van der Waals surface area contributed by atoms with E-state index in [2.05, 4.69) is 10.3 Å². The maximum atomic E-state index is 13.8. The van der Waals surface area contributed by atoms with E-state index in [1.165, 1.54) is 13.0 Å². The number of nitrogens with one attached hydrogen (secondary N) is 1. The number of aryl methyl sites for hydroxylation is 1. The average molecular weight is 303 g/mol. The summed E-state index contributed by atoms with van der Waals surface area (Å²) in [6.07, 6.45) is -3.91. The third-order valence-electron chi connectivity index (χ3n) is 2.77. The molecule has 112 valence electrons. The Labute approximate surface area is 116 Å². The minimum atomic E-state index is -4.69. The molecule has 1 aromatic carbocycles. The van der Waals surface area contributed by atoms with Gasteiger partial charge in [-0.05, 0) is 24.6 Å². The summed E-state index contributed by atoms with van der Waals surface area (Å²) in [7, 11) is 0. The van der Waals surface area contributed by atoms with Gasteiger partial charge in [0.25, 0.3) is 0 Å². The number of pyridine rings is 1. The molecule has 0 amide bonds. The molecule has 0 atom stereocenters. The fraction of sp³-hybridized carbons (Fsp3) is 0.154. The lowest BCUT2D eigenvalue weighted by Gasteiger charge is -2.14. The Morgan fingerprint density at radius 2 is 1.86 bits per heavy atom. The van der Waals surface area contributed by atoms with Crippen molar-refractivity contribution in [1.82, 2.24) is 4.98 Å². The van der Waals surface area contributed by atoms with E-state index in [1.54, 1.807) is 0 Å². The lowest BCUT2D eigenvalue weighted by Crippen LogP contribution is -2.10. The lowest BCUT2D eigenvalue weighted by atomic mass is 10.2. The van der Waals surface area contributed by atoms with Crippen LogP contribution in [0.1, 0.15) is 11.3 Å². The molecule has 3 N–H and O–H groups in total. The van der Waals surface area contributed by atoms with Crippen LogP contribution in [-0.4, -0.2) is 4.98 Å². The van der Waals surface area contributed by atoms with Crippen LogP contribution in [0.5, 0.6) is 0 Å². The van der Waals surface area contributed by atoms with E-state index in [4.69, 9.17) is 5.73 Å². The van der Waals surface area contributed by atoms with Crippen molar-refractivity contribution in [1.29, 1.82) is 0 Å². The van der Waals surface area contributed by atoms with Crippen molar-refractivity contribution in [3.05, 3.63) is 47.3 Å². The first-order valence-corrected chi connectivity index (χ1v) is 5.74. The first-order chi connectivity index (χ1) is 9.70. The number of nitrogens with zero attached hydrogens (tertiary/aromatic N) is 1. The molecule has 0 spiro atoms. The quantitative estimate of drug-likeness (QED) is 0.824. The molecule has 0 unspecified atom stereocenters. The van der Waals surface area contributed by atoms with E-state index in [0.29, 0.717) is 6.07 Å². The van der Waals surface area contributed by atoms with Crippen molar-refractivity contribution in [2.75, 3.05) is 11.1 Å². The van der Waals surface area contributed by atoms with Crippen LogP contribution in [-0.2, 0) is 6.18 Å². The monoisotopic (exact) mass is 303 g/mol. The molecule has 0 saturated heterocycles. The molecule has 2 aromatic rings. The van der Waals surface area contributed by atoms with Gasteiger partial charge in [0, 0.05) is 0 Å². The number of rotatable bonds is 2. The topological polar surface area (TPSA) is 50.9 Å². The molecule has 0 saturated carbocycles. The van der Waals surface area contributed by atoms with Gasteiger partial charge >= 0.3 is 6.18 Å². The zero-order valence-electron chi connectivity index (χ0n) is 10.7. The predicted molar refractivity (Wildman–Crippen MR) is 68.0 cm³/mol. The van der Waals surface area contributed by atoms with E-state index < -0.39 is 29.2 Å². The highest BCUT2D eigenvalue weighted by atomic mass is 19.4. The number of aromatic nitrogens is 1. The summed E-state index contributed by atoms with van der Waals surface area (Å²) in [5, 5.41) is 2.25. The molecule has 0 fully saturated rings. The zero-order chi connectivity index (χ0) is 15.8. The molecule has 1 heterocycles. The van der Waals surface area contributed by atoms with Crippen LogP contribution in [0.25, 0.3) is 0 Å². The molecule has 1 aromatic heterocycles. The van der Waals surface area contributed by atoms with E-state index in [9.17, 15) is 22.0 Å². The minimum Gasteiger partial charge on any atom is -0.396 e. The van der Waals surface area contributed by atoms with Gasteiger partial charge in [-0.2, -0.15) is 13.2 Å². The van der Waals surface area contributed by atoms with Crippen molar-refractivity contribution in [2.24, 2.45) is 0 Å². The van der Waals surface area contributed by atoms with Crippen LogP contribution < -0.4 is 11.1 Å². The van der Waals surface area contributed by atoms with Crippen molar-refractivity contribution in [2.45, 2.75) is 13.1 Å². The Morgan fingerprint density at radius 1 is 1.19 bits per heavy atom. The number of nitrogen functional groups attached to an aromatic ring is 1. The average Bonchev–Trinajstić information content (AvgIpc) is 2.40. The number of hydrogen-bond donors (Lipinski definition) is 2. The summed E-state index contributed by atoms with van der Waals surface area (Å²) in [5.41, 5.74) is 3.40. The van der Waals surface area contributed by atoms with Crippen LogP contribution in [0.4, 0.5) is 39.0 Å². The molecular formula is C13H10F5N3. The summed E-state index contributed by atoms with van der Waals surface area (Å²) in [4.78, 5) is 3.14. The van der Waals surface area contributed by atoms with Gasteiger partial charge in [0.05, 0.1) is 17.6 Å². The van der Waals surface area contributed by atoms with Crippen LogP contribution in [0.15, 0.2) is 24.4 Å². The van der Waals surface area contributed by atoms with Crippen LogP contribution in [0, 0.1) is 18.6 Å². The molecule has 0 bridgehead atoms. The number of hydrogen-bond acceptors (Lipinski definition) is 3. The number of nitrogens with two attached hydrogens (primary N) is 1. The highest BCUT2D eigenvalue weighted by Crippen LogP contribution is 2.33. The highest BCUT2D eigenvalue weighted by molar-refractivity contribution is 5.73. The summed E-state index contributed by atoms with van der Waals surface area (Å²) in [6.45, 7) is 1.40. The third kappa shape index (κ3) is 3.04. The van der Waals surface area contributed by atoms with E-state index in [1.807, 2.05) is 0 Å². The standard InChI is InChI=1S/C13H10F5N3/c1-6-2-3-7(14)12(11(6)15)21-9-4-10(13(16,17)18)20-5-8(9)19/h2-5H,19H2,1H3,(H,20,21). The maximum Gasteiger partial charge on any atom is 0.433 e. The highest BCUT2D eigenvalue weighted by Gasteiger charge is 2.33. The minimum absolute atomic E-state index is 0.141. The lowest BCUT2D eigenvalue weighted by molar-refractivity contribution is -0.141. The van der Waals surface area contributed by atoms with Gasteiger partial charge in [-0.1, -0.05) is 6.07 Å². The second-order valence-electron chi connectivity index (χ2n) is 4.33. The number of benzene rings is 1. The molecule has 2 rings (SSSR count). The first kappa shape index (κ1) is 15.0. The van der Waals surface area contributed by atoms with Gasteiger partial charge in [-0.15, -0.1) is 0 Å². The molecule has 3 nitrogen and oxygen atoms in total. The smallest absolute Gasteiger partial charge is 0.396 e. The van der Waals surface area contributed by atoms with Gasteiger partial charge < -0.3 is 11.1 Å². The van der Waals surface area contributed by atoms with Crippen molar-refractivity contribution in [3.8, 4) is 0 Å². The van der Waals surface area contributed by atoms with Gasteiger partial charge in [0.15, 0.2) is 5.82 Å². The maximum absolute atomic E-state index is 13.8. The van der Waals surface area contributed by atoms with Crippen molar-refractivity contribution in [3.63, 3.8) is 0 Å². The molecule has 0 aliphatic carbocycles. The Kier molecular flexibility index (Phi) is 3.71. The van der Waals surface area contributed by atoms with Crippen molar-refractivity contribution >= 4 is 17.1 Å². The van der Waals surface area contributed by atoms with Gasteiger partial charge in [0.2, 0.25) is 0 Å². The van der Waals surface area contributed by atoms with Crippen LogP contribution in [0.3, 0.4) is 0 Å². The summed E-state index contributed by atoms with van der Waals surface area (Å²) < 4.78 is 65.2. The third-order valence-corrected chi connectivity index (χ3v) is 2.77. The van der Waals surface area contributed by atoms with Gasteiger partial charge in [-0.25, -0.2) is 13.8 Å². The first-order valence-electron chi connectivity index (χ1n) is 5.74. The normalized spacial score (nSPS) is 11.5. The second-order valence-corrected chi connectivity index (χ2v) is 4.33. The Morgan fingerprint density at radius 3 is 2.48 bits per heavy atom. The largest absolute Gasteiger partial charge is 0.433 e. The number of anilines is 3. The molecular weight excluding hydrogens is 293 g/mol.